The van der Waals surface area contributed by atoms with Crippen LogP contribution >= 0.6 is 0 Å². The predicted octanol–water partition coefficient (Wildman–Crippen LogP) is 6.26. The minimum absolute atomic E-state index is 0.0213. The van der Waals surface area contributed by atoms with Gasteiger partial charge in [-0.25, -0.2) is 0 Å². The van der Waals surface area contributed by atoms with Crippen molar-refractivity contribution in [1.29, 1.82) is 0 Å². The molecule has 0 fully saturated rings. The highest BCUT2D eigenvalue weighted by Gasteiger charge is 2.07. The summed E-state index contributed by atoms with van der Waals surface area (Å²) >= 11 is 0. The molecule has 0 saturated carbocycles. The van der Waals surface area contributed by atoms with Crippen LogP contribution in [-0.4, -0.2) is 44.0 Å². The molecule has 0 unspecified atom stereocenters. The standard InChI is InChI=1S/C25H41NO3/c1-5-8-12-24(28-4)21-25(27)22-13-15-23(16-14-22)29-20-11-19-26(17-9-6-2)18-10-7-3/h13-16,21H,5-12,17-20H2,1-4H3. The number of hydrogen-bond donors (Lipinski definition) is 0. The van der Waals surface area contributed by atoms with Gasteiger partial charge in [0.05, 0.1) is 19.5 Å². The molecule has 0 heterocycles. The molecule has 0 aliphatic carbocycles. The van der Waals surface area contributed by atoms with Crippen LogP contribution in [0.5, 0.6) is 5.75 Å². The van der Waals surface area contributed by atoms with Crippen LogP contribution in [0.4, 0.5) is 0 Å². The van der Waals surface area contributed by atoms with E-state index in [2.05, 4.69) is 25.7 Å². The first kappa shape index (κ1) is 25.2. The molecule has 0 amide bonds. The van der Waals surface area contributed by atoms with E-state index in [1.54, 1.807) is 13.2 Å². The zero-order valence-corrected chi connectivity index (χ0v) is 19.0. The lowest BCUT2D eigenvalue weighted by molar-refractivity contribution is 0.104. The van der Waals surface area contributed by atoms with Crippen LogP contribution in [0.2, 0.25) is 0 Å². The largest absolute Gasteiger partial charge is 0.501 e. The molecule has 4 heteroatoms. The fraction of sp³-hybridized carbons (Fsp3) is 0.640. The van der Waals surface area contributed by atoms with E-state index in [9.17, 15) is 4.79 Å². The topological polar surface area (TPSA) is 38.8 Å². The Morgan fingerprint density at radius 1 is 0.897 bits per heavy atom. The molecule has 1 aromatic carbocycles. The van der Waals surface area contributed by atoms with Crippen molar-refractivity contribution in [3.05, 3.63) is 41.7 Å². The second-order valence-electron chi connectivity index (χ2n) is 7.56. The van der Waals surface area contributed by atoms with Gasteiger partial charge in [-0.05, 0) is 63.0 Å². The summed E-state index contributed by atoms with van der Waals surface area (Å²) in [5.74, 6) is 1.54. The summed E-state index contributed by atoms with van der Waals surface area (Å²) in [6.45, 7) is 10.8. The molecule has 29 heavy (non-hydrogen) atoms. The lowest BCUT2D eigenvalue weighted by atomic mass is 10.1. The highest BCUT2D eigenvalue weighted by Crippen LogP contribution is 2.15. The van der Waals surface area contributed by atoms with Gasteiger partial charge in [0.2, 0.25) is 0 Å². The number of benzene rings is 1. The molecule has 0 spiro atoms. The van der Waals surface area contributed by atoms with Crippen molar-refractivity contribution in [1.82, 2.24) is 4.90 Å². The summed E-state index contributed by atoms with van der Waals surface area (Å²) in [5, 5.41) is 0. The molecule has 0 bridgehead atoms. The first-order chi connectivity index (χ1) is 14.1. The number of rotatable bonds is 17. The molecular formula is C25H41NO3. The fourth-order valence-electron chi connectivity index (χ4n) is 3.11. The van der Waals surface area contributed by atoms with Gasteiger partial charge in [0.25, 0.3) is 0 Å². The Balaban J connectivity index is 2.45. The van der Waals surface area contributed by atoms with E-state index in [4.69, 9.17) is 9.47 Å². The zero-order chi connectivity index (χ0) is 21.3. The summed E-state index contributed by atoms with van der Waals surface area (Å²) < 4.78 is 11.2. The smallest absolute Gasteiger partial charge is 0.189 e. The molecule has 1 rings (SSSR count). The summed E-state index contributed by atoms with van der Waals surface area (Å²) in [7, 11) is 1.62. The quantitative estimate of drug-likeness (QED) is 0.133. The van der Waals surface area contributed by atoms with Crippen molar-refractivity contribution in [2.75, 3.05) is 33.4 Å². The lowest BCUT2D eigenvalue weighted by Gasteiger charge is -2.21. The third kappa shape index (κ3) is 11.1. The number of methoxy groups -OCH3 is 1. The number of hydrogen-bond acceptors (Lipinski definition) is 4. The Hall–Kier alpha value is -1.81. The van der Waals surface area contributed by atoms with Gasteiger partial charge in [-0.15, -0.1) is 0 Å². The molecule has 4 nitrogen and oxygen atoms in total. The number of carbonyl (C=O) groups is 1. The zero-order valence-electron chi connectivity index (χ0n) is 19.0. The van der Waals surface area contributed by atoms with Crippen molar-refractivity contribution in [3.8, 4) is 5.75 Å². The Bertz CT molecular complexity index is 572. The SMILES string of the molecule is CCCCC(=CC(=O)c1ccc(OCCCN(CCCC)CCCC)cc1)OC. The monoisotopic (exact) mass is 403 g/mol. The van der Waals surface area contributed by atoms with Crippen molar-refractivity contribution in [2.24, 2.45) is 0 Å². The van der Waals surface area contributed by atoms with E-state index in [0.29, 0.717) is 12.2 Å². The number of allylic oxidation sites excluding steroid dienone is 2. The molecular weight excluding hydrogens is 362 g/mol. The van der Waals surface area contributed by atoms with Crippen molar-refractivity contribution in [2.45, 2.75) is 72.1 Å². The molecule has 164 valence electrons. The minimum atomic E-state index is -0.0213. The van der Waals surface area contributed by atoms with E-state index in [-0.39, 0.29) is 5.78 Å². The maximum absolute atomic E-state index is 12.4. The average molecular weight is 404 g/mol. The highest BCUT2D eigenvalue weighted by atomic mass is 16.5. The molecule has 1 aromatic rings. The first-order valence-corrected chi connectivity index (χ1v) is 11.4. The van der Waals surface area contributed by atoms with Crippen LogP contribution in [0.1, 0.15) is 82.5 Å². The number of ether oxygens (including phenoxy) is 2. The summed E-state index contributed by atoms with van der Waals surface area (Å²) in [6, 6.07) is 7.42. The molecule has 0 atom stereocenters. The van der Waals surface area contributed by atoms with Crippen LogP contribution in [0.3, 0.4) is 0 Å². The second-order valence-corrected chi connectivity index (χ2v) is 7.56. The summed E-state index contributed by atoms with van der Waals surface area (Å²) in [5.41, 5.74) is 0.661. The van der Waals surface area contributed by atoms with E-state index in [0.717, 1.165) is 43.7 Å². The molecule has 0 saturated heterocycles. The van der Waals surface area contributed by atoms with Crippen molar-refractivity contribution < 1.29 is 14.3 Å². The summed E-state index contributed by atoms with van der Waals surface area (Å²) in [6.07, 6.45) is 10.5. The molecule has 0 aromatic heterocycles. The van der Waals surface area contributed by atoms with Gasteiger partial charge in [0, 0.05) is 24.6 Å². The fourth-order valence-corrected chi connectivity index (χ4v) is 3.11. The lowest BCUT2D eigenvalue weighted by Crippen LogP contribution is -2.28. The van der Waals surface area contributed by atoms with E-state index < -0.39 is 0 Å². The molecule has 0 N–H and O–H groups in total. The van der Waals surface area contributed by atoms with E-state index in [1.165, 1.54) is 38.8 Å². The van der Waals surface area contributed by atoms with Crippen molar-refractivity contribution in [3.63, 3.8) is 0 Å². The van der Waals surface area contributed by atoms with Gasteiger partial charge in [0.15, 0.2) is 5.78 Å². The van der Waals surface area contributed by atoms with Gasteiger partial charge in [-0.2, -0.15) is 0 Å². The third-order valence-corrected chi connectivity index (χ3v) is 5.01. The normalized spacial score (nSPS) is 11.7. The number of nitrogens with zero attached hydrogens (tertiary/aromatic N) is 1. The third-order valence-electron chi connectivity index (χ3n) is 5.01. The molecule has 0 aliphatic rings. The van der Waals surface area contributed by atoms with Gasteiger partial charge < -0.3 is 14.4 Å². The van der Waals surface area contributed by atoms with E-state index in [1.807, 2.05) is 24.3 Å². The Morgan fingerprint density at radius 2 is 1.48 bits per heavy atom. The second kappa shape index (κ2) is 16.0. The number of unbranched alkanes of at least 4 members (excludes halogenated alkanes) is 3. The van der Waals surface area contributed by atoms with Gasteiger partial charge in [-0.1, -0.05) is 40.0 Å². The minimum Gasteiger partial charge on any atom is -0.501 e. The first-order valence-electron chi connectivity index (χ1n) is 11.4. The average Bonchev–Trinajstić information content (AvgIpc) is 2.75. The maximum Gasteiger partial charge on any atom is 0.189 e. The summed E-state index contributed by atoms with van der Waals surface area (Å²) in [4.78, 5) is 14.9. The highest BCUT2D eigenvalue weighted by molar-refractivity contribution is 6.04. The Labute approximate surface area is 178 Å². The predicted molar refractivity (Wildman–Crippen MR) is 122 cm³/mol. The molecule has 0 radical (unpaired) electrons. The molecule has 0 aliphatic heterocycles. The van der Waals surface area contributed by atoms with Crippen LogP contribution < -0.4 is 4.74 Å². The van der Waals surface area contributed by atoms with Gasteiger partial charge in [-0.3, -0.25) is 4.79 Å². The van der Waals surface area contributed by atoms with Crippen LogP contribution in [0.15, 0.2) is 36.1 Å². The number of carbonyl (C=O) groups excluding carboxylic acids is 1. The van der Waals surface area contributed by atoms with Crippen LogP contribution in [-0.2, 0) is 4.74 Å². The van der Waals surface area contributed by atoms with Crippen LogP contribution in [0, 0.1) is 0 Å². The Morgan fingerprint density at radius 3 is 2.03 bits per heavy atom. The van der Waals surface area contributed by atoms with Gasteiger partial charge >= 0.3 is 0 Å². The van der Waals surface area contributed by atoms with Crippen molar-refractivity contribution >= 4 is 5.78 Å². The van der Waals surface area contributed by atoms with E-state index >= 15 is 0 Å². The van der Waals surface area contributed by atoms with Gasteiger partial charge in [0.1, 0.15) is 5.75 Å². The van der Waals surface area contributed by atoms with Crippen LogP contribution in [0.25, 0.3) is 0 Å². The number of ketones is 1. The Kier molecular flexibility index (Phi) is 14.0. The maximum atomic E-state index is 12.4.